The smallest absolute Gasteiger partial charge is 0.270 e. The van der Waals surface area contributed by atoms with Crippen LogP contribution in [0, 0.1) is 21.4 Å². The summed E-state index contributed by atoms with van der Waals surface area (Å²) in [5, 5.41) is 37.3. The molecule has 1 aromatic heterocycles. The number of H-pyrrole nitrogens is 1. The lowest BCUT2D eigenvalue weighted by molar-refractivity contribution is -0.384. The van der Waals surface area contributed by atoms with Crippen molar-refractivity contribution in [2.75, 3.05) is 0 Å². The average molecular weight is 375 g/mol. The monoisotopic (exact) mass is 375 g/mol. The summed E-state index contributed by atoms with van der Waals surface area (Å²) in [4.78, 5) is 10.6. The first-order valence-electron chi connectivity index (χ1n) is 8.19. The molecule has 138 valence electrons. The molecule has 2 heterocycles. The number of rotatable bonds is 3. The van der Waals surface area contributed by atoms with Crippen LogP contribution in [0.3, 0.4) is 0 Å². The molecule has 9 nitrogen and oxygen atoms in total. The molecule has 0 saturated carbocycles. The van der Waals surface area contributed by atoms with Gasteiger partial charge in [-0.2, -0.15) is 5.26 Å². The van der Waals surface area contributed by atoms with E-state index in [9.17, 15) is 20.5 Å². The standard InChI is InChI=1S/C19H13N5O4/c20-9-14-15(10-4-6-13(25)7-5-10)16-17(22-23-19(16)28-18(14)21)11-2-1-3-12(8-11)24(26)27/h1-8,15,25H,21H2,(H,22,23)/t15-/m1/s1. The van der Waals surface area contributed by atoms with Crippen molar-refractivity contribution in [3.8, 4) is 29.0 Å². The molecular formula is C19H13N5O4. The number of benzene rings is 2. The Labute approximate surface area is 158 Å². The van der Waals surface area contributed by atoms with Crippen LogP contribution < -0.4 is 10.5 Å². The number of nitrogens with zero attached hydrogens (tertiary/aromatic N) is 3. The summed E-state index contributed by atoms with van der Waals surface area (Å²) in [6.45, 7) is 0. The van der Waals surface area contributed by atoms with Crippen molar-refractivity contribution < 1.29 is 14.8 Å². The van der Waals surface area contributed by atoms with Crippen LogP contribution in [-0.4, -0.2) is 20.2 Å². The van der Waals surface area contributed by atoms with Gasteiger partial charge in [-0.3, -0.25) is 15.2 Å². The van der Waals surface area contributed by atoms with Crippen LogP contribution in [0.4, 0.5) is 5.69 Å². The number of allylic oxidation sites excluding steroid dienone is 1. The topological polar surface area (TPSA) is 151 Å². The highest BCUT2D eigenvalue weighted by Crippen LogP contribution is 2.46. The van der Waals surface area contributed by atoms with Gasteiger partial charge in [-0.05, 0) is 17.7 Å². The van der Waals surface area contributed by atoms with Crippen molar-refractivity contribution in [3.05, 3.63) is 81.2 Å². The molecule has 4 N–H and O–H groups in total. The summed E-state index contributed by atoms with van der Waals surface area (Å²) in [5.41, 5.74) is 8.26. The van der Waals surface area contributed by atoms with E-state index in [0.717, 1.165) is 0 Å². The van der Waals surface area contributed by atoms with Crippen molar-refractivity contribution in [1.29, 1.82) is 5.26 Å². The normalized spacial score (nSPS) is 15.5. The molecule has 0 saturated heterocycles. The predicted molar refractivity (Wildman–Crippen MR) is 98.1 cm³/mol. The third kappa shape index (κ3) is 2.69. The van der Waals surface area contributed by atoms with Gasteiger partial charge in [-0.15, -0.1) is 5.10 Å². The fourth-order valence-electron chi connectivity index (χ4n) is 3.24. The lowest BCUT2D eigenvalue weighted by Gasteiger charge is -2.24. The Bertz CT molecular complexity index is 1160. The summed E-state index contributed by atoms with van der Waals surface area (Å²) in [6.07, 6.45) is 0. The van der Waals surface area contributed by atoms with E-state index in [4.69, 9.17) is 10.5 Å². The van der Waals surface area contributed by atoms with Crippen LogP contribution in [0.2, 0.25) is 0 Å². The van der Waals surface area contributed by atoms with E-state index in [-0.39, 0.29) is 28.8 Å². The minimum Gasteiger partial charge on any atom is -0.508 e. The summed E-state index contributed by atoms with van der Waals surface area (Å²) in [6, 6.07) is 14.5. The Morgan fingerprint density at radius 2 is 2.04 bits per heavy atom. The number of hydrogen-bond acceptors (Lipinski definition) is 7. The molecule has 3 aromatic rings. The SMILES string of the molecule is N#CC1=C(N)Oc2n[nH]c(-c3cccc([N+](=O)[O-])c3)c2[C@@H]1c1ccc(O)cc1. The van der Waals surface area contributed by atoms with Crippen LogP contribution in [0.15, 0.2) is 60.0 Å². The molecule has 0 fully saturated rings. The number of hydrogen-bond donors (Lipinski definition) is 3. The van der Waals surface area contributed by atoms with Crippen LogP contribution in [-0.2, 0) is 0 Å². The number of nitro groups is 1. The van der Waals surface area contributed by atoms with Crippen LogP contribution in [0.5, 0.6) is 11.6 Å². The lowest BCUT2D eigenvalue weighted by Crippen LogP contribution is -2.20. The maximum atomic E-state index is 11.1. The Morgan fingerprint density at radius 1 is 1.29 bits per heavy atom. The summed E-state index contributed by atoms with van der Waals surface area (Å²) >= 11 is 0. The van der Waals surface area contributed by atoms with E-state index in [2.05, 4.69) is 16.3 Å². The van der Waals surface area contributed by atoms with Gasteiger partial charge in [0, 0.05) is 17.7 Å². The molecule has 0 unspecified atom stereocenters. The number of nitriles is 1. The quantitative estimate of drug-likeness (QED) is 0.470. The number of fused-ring (bicyclic) bond motifs is 1. The molecule has 0 amide bonds. The zero-order chi connectivity index (χ0) is 19.8. The Balaban J connectivity index is 1.93. The Morgan fingerprint density at radius 3 is 2.71 bits per heavy atom. The molecule has 0 aliphatic carbocycles. The van der Waals surface area contributed by atoms with E-state index < -0.39 is 10.8 Å². The van der Waals surface area contributed by atoms with Gasteiger partial charge in [0.2, 0.25) is 11.8 Å². The highest BCUT2D eigenvalue weighted by Gasteiger charge is 2.35. The van der Waals surface area contributed by atoms with Gasteiger partial charge in [0.05, 0.1) is 22.1 Å². The van der Waals surface area contributed by atoms with Crippen molar-refractivity contribution in [2.45, 2.75) is 5.92 Å². The number of nitrogens with one attached hydrogen (secondary N) is 1. The van der Waals surface area contributed by atoms with Crippen LogP contribution in [0.1, 0.15) is 17.0 Å². The largest absolute Gasteiger partial charge is 0.508 e. The number of ether oxygens (including phenoxy) is 1. The van der Waals surface area contributed by atoms with Crippen molar-refractivity contribution in [2.24, 2.45) is 5.73 Å². The molecule has 1 aliphatic rings. The highest BCUT2D eigenvalue weighted by atomic mass is 16.6. The van der Waals surface area contributed by atoms with E-state index in [1.807, 2.05) is 0 Å². The average Bonchev–Trinajstić information content (AvgIpc) is 3.11. The first-order valence-corrected chi connectivity index (χ1v) is 8.19. The molecular weight excluding hydrogens is 362 g/mol. The molecule has 0 radical (unpaired) electrons. The number of nitro benzene ring substituents is 1. The van der Waals surface area contributed by atoms with Crippen molar-refractivity contribution >= 4 is 5.69 Å². The van der Waals surface area contributed by atoms with Gasteiger partial charge in [0.1, 0.15) is 17.4 Å². The van der Waals surface area contributed by atoms with E-state index in [1.54, 1.807) is 24.3 Å². The number of aromatic hydroxyl groups is 1. The second-order valence-electron chi connectivity index (χ2n) is 6.14. The van der Waals surface area contributed by atoms with Gasteiger partial charge >= 0.3 is 0 Å². The zero-order valence-corrected chi connectivity index (χ0v) is 14.3. The van der Waals surface area contributed by atoms with Crippen LogP contribution >= 0.6 is 0 Å². The lowest BCUT2D eigenvalue weighted by atomic mass is 9.83. The molecule has 28 heavy (non-hydrogen) atoms. The molecule has 2 aromatic carbocycles. The summed E-state index contributed by atoms with van der Waals surface area (Å²) < 4.78 is 5.50. The fourth-order valence-corrected chi connectivity index (χ4v) is 3.24. The molecule has 4 rings (SSSR count). The van der Waals surface area contributed by atoms with Crippen molar-refractivity contribution in [3.63, 3.8) is 0 Å². The van der Waals surface area contributed by atoms with Gasteiger partial charge < -0.3 is 15.6 Å². The maximum Gasteiger partial charge on any atom is 0.270 e. The fraction of sp³-hybridized carbons (Fsp3) is 0.0526. The number of non-ortho nitro benzene ring substituents is 1. The highest BCUT2D eigenvalue weighted by molar-refractivity contribution is 5.72. The molecule has 1 atom stereocenters. The molecule has 0 spiro atoms. The first-order chi connectivity index (χ1) is 13.5. The maximum absolute atomic E-state index is 11.1. The number of phenolic OH excluding ortho intramolecular Hbond substituents is 1. The first kappa shape index (κ1) is 17.1. The Hall–Kier alpha value is -4.32. The van der Waals surface area contributed by atoms with E-state index >= 15 is 0 Å². The molecule has 0 bridgehead atoms. The van der Waals surface area contributed by atoms with Gasteiger partial charge in [0.15, 0.2) is 0 Å². The summed E-state index contributed by atoms with van der Waals surface area (Å²) in [7, 11) is 0. The Kier molecular flexibility index (Phi) is 3.94. The third-order valence-corrected chi connectivity index (χ3v) is 4.51. The van der Waals surface area contributed by atoms with Gasteiger partial charge in [-0.1, -0.05) is 24.3 Å². The number of aromatic amines is 1. The number of phenols is 1. The second-order valence-corrected chi connectivity index (χ2v) is 6.14. The molecule has 1 aliphatic heterocycles. The minimum atomic E-state index is -0.609. The van der Waals surface area contributed by atoms with Gasteiger partial charge in [0.25, 0.3) is 5.69 Å². The van der Waals surface area contributed by atoms with E-state index in [0.29, 0.717) is 22.4 Å². The minimum absolute atomic E-state index is 0.0647. The van der Waals surface area contributed by atoms with Crippen LogP contribution in [0.25, 0.3) is 11.3 Å². The van der Waals surface area contributed by atoms with Gasteiger partial charge in [-0.25, -0.2) is 0 Å². The number of aromatic nitrogens is 2. The zero-order valence-electron chi connectivity index (χ0n) is 14.3. The number of nitrogens with two attached hydrogens (primary N) is 1. The third-order valence-electron chi connectivity index (χ3n) is 4.51. The van der Waals surface area contributed by atoms with E-state index in [1.165, 1.54) is 24.3 Å². The second kappa shape index (κ2) is 6.44. The molecule has 9 heteroatoms. The summed E-state index contributed by atoms with van der Waals surface area (Å²) in [5.74, 6) is -0.402. The van der Waals surface area contributed by atoms with Crippen molar-refractivity contribution in [1.82, 2.24) is 10.2 Å². The predicted octanol–water partition coefficient (Wildman–Crippen LogP) is 2.91.